The Morgan fingerprint density at radius 2 is 0.839 bits per heavy atom. The van der Waals surface area contributed by atoms with Crippen molar-refractivity contribution in [3.8, 4) is 33.4 Å². The molecule has 11 rings (SSSR count). The van der Waals surface area contributed by atoms with E-state index in [-0.39, 0.29) is 0 Å². The summed E-state index contributed by atoms with van der Waals surface area (Å²) in [5, 5.41) is 9.62. The summed E-state index contributed by atoms with van der Waals surface area (Å²) >= 11 is 0. The van der Waals surface area contributed by atoms with Gasteiger partial charge in [-0.2, -0.15) is 0 Å². The Hall–Kier alpha value is -7.42. The van der Waals surface area contributed by atoms with Crippen LogP contribution in [0.4, 0.5) is 17.1 Å². The molecule has 0 bridgehead atoms. The van der Waals surface area contributed by atoms with Crippen molar-refractivity contribution in [2.75, 3.05) is 4.90 Å². The highest BCUT2D eigenvalue weighted by atomic mass is 16.3. The van der Waals surface area contributed by atoms with Crippen molar-refractivity contribution in [2.24, 2.45) is 0 Å². The second-order valence-corrected chi connectivity index (χ2v) is 14.5. The van der Waals surface area contributed by atoms with E-state index in [0.29, 0.717) is 0 Å². The Kier molecular flexibility index (Phi) is 7.53. The van der Waals surface area contributed by atoms with Gasteiger partial charge in [0.25, 0.3) is 0 Å². The first-order valence-electron chi connectivity index (χ1n) is 19.2. The first kappa shape index (κ1) is 32.0. The van der Waals surface area contributed by atoms with Gasteiger partial charge in [-0.3, -0.25) is 0 Å². The molecule has 0 aliphatic heterocycles. The van der Waals surface area contributed by atoms with Gasteiger partial charge in [-0.25, -0.2) is 0 Å². The van der Waals surface area contributed by atoms with Gasteiger partial charge in [-0.05, 0) is 115 Å². The number of rotatable bonds is 6. The van der Waals surface area contributed by atoms with Crippen LogP contribution < -0.4 is 4.90 Å². The highest BCUT2D eigenvalue weighted by Gasteiger charge is 2.19. The minimum absolute atomic E-state index is 0.897. The van der Waals surface area contributed by atoms with Gasteiger partial charge in [-0.15, -0.1) is 0 Å². The third-order valence-electron chi connectivity index (χ3n) is 11.2. The second-order valence-electron chi connectivity index (χ2n) is 14.5. The number of benzene rings is 10. The SMILES string of the molecule is c1ccc(N(c2ccc(-c3cccc4ccccc34)cc2)c2ccc(-c3cccc4oc5cc6ccccc6cc5c34)cc2)c(-c2ccc3ccccc3c2)c1. The van der Waals surface area contributed by atoms with Crippen LogP contribution >= 0.6 is 0 Å². The highest BCUT2D eigenvalue weighted by molar-refractivity contribution is 6.15. The Morgan fingerprint density at radius 3 is 1.61 bits per heavy atom. The first-order valence-corrected chi connectivity index (χ1v) is 19.2. The van der Waals surface area contributed by atoms with Crippen molar-refractivity contribution < 1.29 is 4.42 Å². The van der Waals surface area contributed by atoms with Gasteiger partial charge in [0.05, 0.1) is 5.69 Å². The van der Waals surface area contributed by atoms with Crippen molar-refractivity contribution in [3.05, 3.63) is 212 Å². The van der Waals surface area contributed by atoms with Gasteiger partial charge >= 0.3 is 0 Å². The van der Waals surface area contributed by atoms with Gasteiger partial charge in [0, 0.05) is 27.7 Å². The van der Waals surface area contributed by atoms with E-state index < -0.39 is 0 Å². The fourth-order valence-corrected chi connectivity index (χ4v) is 8.51. The molecule has 0 saturated carbocycles. The summed E-state index contributed by atoms with van der Waals surface area (Å²) in [6.45, 7) is 0. The van der Waals surface area contributed by atoms with Crippen LogP contribution in [0.3, 0.4) is 0 Å². The number of furan rings is 1. The van der Waals surface area contributed by atoms with Crippen LogP contribution in [0.15, 0.2) is 217 Å². The maximum absolute atomic E-state index is 6.44. The molecule has 56 heavy (non-hydrogen) atoms. The lowest BCUT2D eigenvalue weighted by Gasteiger charge is -2.28. The lowest BCUT2D eigenvalue weighted by Crippen LogP contribution is -2.11. The molecule has 262 valence electrons. The summed E-state index contributed by atoms with van der Waals surface area (Å²) < 4.78 is 6.44. The molecule has 0 radical (unpaired) electrons. The average molecular weight is 714 g/mol. The maximum atomic E-state index is 6.44. The Balaban J connectivity index is 1.05. The second kappa shape index (κ2) is 13.2. The zero-order valence-corrected chi connectivity index (χ0v) is 30.6. The third-order valence-corrected chi connectivity index (χ3v) is 11.2. The molecule has 0 fully saturated rings. The Morgan fingerprint density at radius 1 is 0.304 bits per heavy atom. The molecule has 0 unspecified atom stereocenters. The molecule has 10 aromatic carbocycles. The number of hydrogen-bond donors (Lipinski definition) is 0. The Bertz CT molecular complexity index is 3240. The van der Waals surface area contributed by atoms with Crippen LogP contribution in [0, 0.1) is 0 Å². The van der Waals surface area contributed by atoms with Crippen molar-refractivity contribution in [1.82, 2.24) is 0 Å². The van der Waals surface area contributed by atoms with E-state index in [1.54, 1.807) is 0 Å². The molecule has 2 heteroatoms. The van der Waals surface area contributed by atoms with Crippen molar-refractivity contribution in [2.45, 2.75) is 0 Å². The smallest absolute Gasteiger partial charge is 0.136 e. The average Bonchev–Trinajstić information content (AvgIpc) is 3.63. The molecule has 0 amide bonds. The number of fused-ring (bicyclic) bond motifs is 6. The Labute approximate surface area is 325 Å². The molecule has 0 atom stereocenters. The molecular weight excluding hydrogens is 679 g/mol. The number of anilines is 3. The van der Waals surface area contributed by atoms with Crippen LogP contribution in [0.2, 0.25) is 0 Å². The minimum atomic E-state index is 0.897. The van der Waals surface area contributed by atoms with Crippen LogP contribution in [0.25, 0.3) is 87.6 Å². The molecule has 0 N–H and O–H groups in total. The zero-order valence-electron chi connectivity index (χ0n) is 30.6. The van der Waals surface area contributed by atoms with Gasteiger partial charge in [-0.1, -0.05) is 158 Å². The summed E-state index contributed by atoms with van der Waals surface area (Å²) in [5.41, 5.74) is 12.2. The summed E-state index contributed by atoms with van der Waals surface area (Å²) in [6, 6.07) is 76.6. The molecule has 0 spiro atoms. The topological polar surface area (TPSA) is 16.4 Å². The predicted molar refractivity (Wildman–Crippen MR) is 237 cm³/mol. The first-order chi connectivity index (χ1) is 27.7. The highest BCUT2D eigenvalue weighted by Crippen LogP contribution is 2.44. The van der Waals surface area contributed by atoms with E-state index >= 15 is 0 Å². The monoisotopic (exact) mass is 713 g/mol. The van der Waals surface area contributed by atoms with Crippen LogP contribution in [0.5, 0.6) is 0 Å². The summed E-state index contributed by atoms with van der Waals surface area (Å²) in [7, 11) is 0. The standard InChI is InChI=1S/C54H35NO/c1-2-13-40-33-43(24-23-36(40)11-1)48-18-7-8-21-51(48)55(44-29-25-38(26-30-44)47-19-9-16-37-12-5-6-17-46(37)47)45-31-27-39(28-32-45)49-20-10-22-52-54(49)50-34-41-14-3-4-15-42(41)35-53(50)56-52/h1-35H. The predicted octanol–water partition coefficient (Wildman–Crippen LogP) is 15.5. The molecule has 1 aromatic heterocycles. The van der Waals surface area contributed by atoms with Crippen LogP contribution in [-0.2, 0) is 0 Å². The summed E-state index contributed by atoms with van der Waals surface area (Å²) in [4.78, 5) is 2.39. The quantitative estimate of drug-likeness (QED) is 0.171. The zero-order chi connectivity index (χ0) is 37.0. The molecule has 1 heterocycles. The van der Waals surface area contributed by atoms with Crippen molar-refractivity contribution >= 4 is 71.3 Å². The summed E-state index contributed by atoms with van der Waals surface area (Å²) in [5.74, 6) is 0. The fourth-order valence-electron chi connectivity index (χ4n) is 8.51. The molecule has 0 aliphatic carbocycles. The van der Waals surface area contributed by atoms with Crippen molar-refractivity contribution in [3.63, 3.8) is 0 Å². The minimum Gasteiger partial charge on any atom is -0.456 e. The van der Waals surface area contributed by atoms with E-state index in [4.69, 9.17) is 4.42 Å². The van der Waals surface area contributed by atoms with E-state index in [1.165, 1.54) is 54.6 Å². The van der Waals surface area contributed by atoms with Crippen molar-refractivity contribution in [1.29, 1.82) is 0 Å². The van der Waals surface area contributed by atoms with E-state index in [0.717, 1.165) is 50.1 Å². The van der Waals surface area contributed by atoms with Gasteiger partial charge in [0.1, 0.15) is 11.2 Å². The largest absolute Gasteiger partial charge is 0.456 e. The molecule has 11 aromatic rings. The third kappa shape index (κ3) is 5.42. The van der Waals surface area contributed by atoms with Crippen LogP contribution in [-0.4, -0.2) is 0 Å². The van der Waals surface area contributed by atoms with E-state index in [2.05, 4.69) is 217 Å². The lowest BCUT2D eigenvalue weighted by molar-refractivity contribution is 0.669. The molecule has 0 aliphatic rings. The fraction of sp³-hybridized carbons (Fsp3) is 0. The van der Waals surface area contributed by atoms with Crippen LogP contribution in [0.1, 0.15) is 0 Å². The number of para-hydroxylation sites is 1. The summed E-state index contributed by atoms with van der Waals surface area (Å²) in [6.07, 6.45) is 0. The normalized spacial score (nSPS) is 11.6. The van der Waals surface area contributed by atoms with Gasteiger partial charge < -0.3 is 9.32 Å². The van der Waals surface area contributed by atoms with Gasteiger partial charge in [0.15, 0.2) is 0 Å². The van der Waals surface area contributed by atoms with E-state index in [1.807, 2.05) is 0 Å². The maximum Gasteiger partial charge on any atom is 0.136 e. The van der Waals surface area contributed by atoms with E-state index in [9.17, 15) is 0 Å². The molecular formula is C54H35NO. The number of nitrogens with zero attached hydrogens (tertiary/aromatic N) is 1. The number of hydrogen-bond acceptors (Lipinski definition) is 2. The molecule has 2 nitrogen and oxygen atoms in total. The van der Waals surface area contributed by atoms with Gasteiger partial charge in [0.2, 0.25) is 0 Å². The lowest BCUT2D eigenvalue weighted by atomic mass is 9.96. The molecule has 0 saturated heterocycles.